The van der Waals surface area contributed by atoms with Gasteiger partial charge in [0.2, 0.25) is 0 Å². The van der Waals surface area contributed by atoms with E-state index in [0.717, 1.165) is 28.6 Å². The first-order chi connectivity index (χ1) is 9.24. The van der Waals surface area contributed by atoms with Crippen LogP contribution in [0.4, 0.5) is 0 Å². The van der Waals surface area contributed by atoms with Gasteiger partial charge in [0, 0.05) is 9.75 Å². The Morgan fingerprint density at radius 1 is 1.21 bits per heavy atom. The van der Waals surface area contributed by atoms with Crippen LogP contribution < -0.4 is 10.5 Å². The van der Waals surface area contributed by atoms with Gasteiger partial charge in [0.25, 0.3) is 0 Å². The van der Waals surface area contributed by atoms with Gasteiger partial charge in [0.15, 0.2) is 0 Å². The Hall–Kier alpha value is -0.840. The van der Waals surface area contributed by atoms with Crippen LogP contribution in [-0.4, -0.2) is 6.54 Å². The van der Waals surface area contributed by atoms with Gasteiger partial charge in [-0.15, -0.1) is 11.3 Å². The van der Waals surface area contributed by atoms with Crippen molar-refractivity contribution < 1.29 is 4.74 Å². The van der Waals surface area contributed by atoms with Gasteiger partial charge in [-0.25, -0.2) is 0 Å². The van der Waals surface area contributed by atoms with E-state index in [1.807, 2.05) is 23.5 Å². The fourth-order valence-corrected chi connectivity index (χ4v) is 3.29. The minimum atomic E-state index is 0.616. The van der Waals surface area contributed by atoms with Crippen molar-refractivity contribution in [3.05, 3.63) is 50.1 Å². The average molecular weight is 340 g/mol. The number of thiophene rings is 1. The molecule has 0 saturated heterocycles. The molecule has 2 N–H and O–H groups in total. The number of hydrogen-bond donors (Lipinski definition) is 1. The predicted octanol–water partition coefficient (Wildman–Crippen LogP) is 4.15. The monoisotopic (exact) mass is 339 g/mol. The van der Waals surface area contributed by atoms with Crippen LogP contribution in [-0.2, 0) is 19.4 Å². The zero-order chi connectivity index (χ0) is 13.7. The van der Waals surface area contributed by atoms with E-state index >= 15 is 0 Å². The summed E-state index contributed by atoms with van der Waals surface area (Å²) in [7, 11) is 0. The summed E-state index contributed by atoms with van der Waals surface area (Å²) < 4.78 is 6.96. The summed E-state index contributed by atoms with van der Waals surface area (Å²) in [6.07, 6.45) is 1.91. The molecule has 0 radical (unpaired) electrons. The minimum absolute atomic E-state index is 0.616. The molecule has 0 saturated carbocycles. The zero-order valence-corrected chi connectivity index (χ0v) is 13.4. The molecule has 0 spiro atoms. The van der Waals surface area contributed by atoms with Crippen molar-refractivity contribution in [2.24, 2.45) is 5.73 Å². The van der Waals surface area contributed by atoms with Crippen molar-refractivity contribution in [2.75, 3.05) is 6.54 Å². The van der Waals surface area contributed by atoms with Crippen molar-refractivity contribution in [3.63, 3.8) is 0 Å². The van der Waals surface area contributed by atoms with Gasteiger partial charge in [-0.3, -0.25) is 0 Å². The molecule has 0 atom stereocenters. The number of benzene rings is 1. The third kappa shape index (κ3) is 3.81. The van der Waals surface area contributed by atoms with Gasteiger partial charge in [-0.05, 0) is 59.1 Å². The topological polar surface area (TPSA) is 35.2 Å². The Morgan fingerprint density at radius 3 is 2.68 bits per heavy atom. The van der Waals surface area contributed by atoms with E-state index in [1.165, 1.54) is 9.75 Å². The highest BCUT2D eigenvalue weighted by atomic mass is 79.9. The molecule has 0 unspecified atom stereocenters. The first kappa shape index (κ1) is 14.6. The van der Waals surface area contributed by atoms with E-state index in [-0.39, 0.29) is 0 Å². The number of aryl methyl sites for hydroxylation is 1. The van der Waals surface area contributed by atoms with Gasteiger partial charge in [0.1, 0.15) is 12.4 Å². The normalized spacial score (nSPS) is 10.7. The van der Waals surface area contributed by atoms with Crippen molar-refractivity contribution in [2.45, 2.75) is 26.4 Å². The van der Waals surface area contributed by atoms with E-state index in [1.54, 1.807) is 0 Å². The number of rotatable bonds is 6. The smallest absolute Gasteiger partial charge is 0.137 e. The summed E-state index contributed by atoms with van der Waals surface area (Å²) in [6, 6.07) is 10.4. The lowest BCUT2D eigenvalue weighted by Gasteiger charge is -2.12. The molecular formula is C15H18BrNOS. The van der Waals surface area contributed by atoms with E-state index < -0.39 is 0 Å². The molecule has 2 aromatic rings. The van der Waals surface area contributed by atoms with Crippen molar-refractivity contribution in [1.29, 1.82) is 0 Å². The highest BCUT2D eigenvalue weighted by Crippen LogP contribution is 2.30. The molecule has 1 aromatic heterocycles. The highest BCUT2D eigenvalue weighted by molar-refractivity contribution is 9.10. The van der Waals surface area contributed by atoms with Crippen LogP contribution in [0.1, 0.15) is 22.2 Å². The zero-order valence-electron chi connectivity index (χ0n) is 11.0. The fourth-order valence-electron chi connectivity index (χ4n) is 1.90. The molecule has 2 nitrogen and oxygen atoms in total. The maximum Gasteiger partial charge on any atom is 0.137 e. The summed E-state index contributed by atoms with van der Waals surface area (Å²) in [5.41, 5.74) is 6.80. The first-order valence-electron chi connectivity index (χ1n) is 6.42. The molecule has 2 rings (SSSR count). The van der Waals surface area contributed by atoms with Crippen LogP contribution in [0.25, 0.3) is 0 Å². The van der Waals surface area contributed by atoms with Crippen LogP contribution in [0.15, 0.2) is 34.8 Å². The molecule has 19 heavy (non-hydrogen) atoms. The maximum atomic E-state index is 5.97. The largest absolute Gasteiger partial charge is 0.487 e. The molecule has 0 amide bonds. The maximum absolute atomic E-state index is 5.97. The Balaban J connectivity index is 2.09. The Labute approximate surface area is 126 Å². The van der Waals surface area contributed by atoms with Gasteiger partial charge in [-0.2, -0.15) is 0 Å². The second kappa shape index (κ2) is 7.08. The van der Waals surface area contributed by atoms with E-state index in [2.05, 4.69) is 41.1 Å². The summed E-state index contributed by atoms with van der Waals surface area (Å²) in [4.78, 5) is 2.65. The number of hydrogen-bond acceptors (Lipinski definition) is 3. The van der Waals surface area contributed by atoms with Gasteiger partial charge < -0.3 is 10.5 Å². The molecule has 0 aliphatic rings. The van der Waals surface area contributed by atoms with Crippen LogP contribution in [0, 0.1) is 0 Å². The molecule has 4 heteroatoms. The number of para-hydroxylation sites is 1. The molecule has 102 valence electrons. The van der Waals surface area contributed by atoms with Crippen molar-refractivity contribution in [3.8, 4) is 5.75 Å². The average Bonchev–Trinajstić information content (AvgIpc) is 2.86. The Bertz CT molecular complexity index is 539. The quantitative estimate of drug-likeness (QED) is 0.857. The standard InChI is InChI=1S/C15H18BrNOS/c1-2-12-6-7-13(19-12)10-18-15-11(8-9-17)4-3-5-14(15)16/h3-7H,2,8-10,17H2,1H3. The molecule has 1 aromatic carbocycles. The van der Waals surface area contributed by atoms with Crippen LogP contribution in [0.5, 0.6) is 5.75 Å². The summed E-state index contributed by atoms with van der Waals surface area (Å²) >= 11 is 5.36. The molecule has 0 fully saturated rings. The number of halogens is 1. The van der Waals surface area contributed by atoms with Crippen LogP contribution in [0.2, 0.25) is 0 Å². The SMILES string of the molecule is CCc1ccc(COc2c(Br)cccc2CCN)s1. The molecular weight excluding hydrogens is 322 g/mol. The first-order valence-corrected chi connectivity index (χ1v) is 8.03. The minimum Gasteiger partial charge on any atom is -0.487 e. The van der Waals surface area contributed by atoms with E-state index in [9.17, 15) is 0 Å². The Morgan fingerprint density at radius 2 is 2.00 bits per heavy atom. The van der Waals surface area contributed by atoms with Crippen LogP contribution >= 0.6 is 27.3 Å². The lowest BCUT2D eigenvalue weighted by Crippen LogP contribution is -2.05. The van der Waals surface area contributed by atoms with Gasteiger partial charge >= 0.3 is 0 Å². The number of nitrogens with two attached hydrogens (primary N) is 1. The van der Waals surface area contributed by atoms with E-state index in [0.29, 0.717) is 13.2 Å². The molecule has 0 bridgehead atoms. The fraction of sp³-hybridized carbons (Fsp3) is 0.333. The molecule has 0 aliphatic heterocycles. The van der Waals surface area contributed by atoms with Crippen molar-refractivity contribution >= 4 is 27.3 Å². The summed E-state index contributed by atoms with van der Waals surface area (Å²) in [5.74, 6) is 0.916. The third-order valence-corrected chi connectivity index (χ3v) is 4.71. The molecule has 1 heterocycles. The van der Waals surface area contributed by atoms with E-state index in [4.69, 9.17) is 10.5 Å². The predicted molar refractivity (Wildman–Crippen MR) is 84.9 cm³/mol. The van der Waals surface area contributed by atoms with Crippen LogP contribution in [0.3, 0.4) is 0 Å². The second-order valence-electron chi connectivity index (χ2n) is 4.28. The second-order valence-corrected chi connectivity index (χ2v) is 6.38. The lowest BCUT2D eigenvalue weighted by molar-refractivity contribution is 0.304. The highest BCUT2D eigenvalue weighted by Gasteiger charge is 2.08. The van der Waals surface area contributed by atoms with Crippen molar-refractivity contribution in [1.82, 2.24) is 0 Å². The molecule has 0 aliphatic carbocycles. The summed E-state index contributed by atoms with van der Waals surface area (Å²) in [5, 5.41) is 0. The van der Waals surface area contributed by atoms with Gasteiger partial charge in [-0.1, -0.05) is 19.1 Å². The number of ether oxygens (including phenoxy) is 1. The van der Waals surface area contributed by atoms with Gasteiger partial charge in [0.05, 0.1) is 4.47 Å². The third-order valence-electron chi connectivity index (χ3n) is 2.89. The summed E-state index contributed by atoms with van der Waals surface area (Å²) in [6.45, 7) is 3.42. The Kier molecular flexibility index (Phi) is 5.43. The lowest BCUT2D eigenvalue weighted by atomic mass is 10.1.